The zero-order valence-corrected chi connectivity index (χ0v) is 9.53. The van der Waals surface area contributed by atoms with E-state index in [1.54, 1.807) is 6.07 Å². The van der Waals surface area contributed by atoms with Gasteiger partial charge in [0.25, 0.3) is 0 Å². The Kier molecular flexibility index (Phi) is 3.40. The van der Waals surface area contributed by atoms with Gasteiger partial charge >= 0.3 is 5.63 Å². The van der Waals surface area contributed by atoms with Crippen LogP contribution in [0.4, 0.5) is 0 Å². The first-order valence-electron chi connectivity index (χ1n) is 5.83. The zero-order valence-electron chi connectivity index (χ0n) is 9.53. The largest absolute Gasteiger partial charge is 0.423 e. The van der Waals surface area contributed by atoms with Gasteiger partial charge in [0.2, 0.25) is 0 Å². The summed E-state index contributed by atoms with van der Waals surface area (Å²) in [7, 11) is 0. The maximum atomic E-state index is 11.4. The molecular formula is C14H16O2. The van der Waals surface area contributed by atoms with Gasteiger partial charge in [0.05, 0.1) is 0 Å². The van der Waals surface area contributed by atoms with Gasteiger partial charge < -0.3 is 4.42 Å². The first-order valence-corrected chi connectivity index (χ1v) is 5.83. The van der Waals surface area contributed by atoms with Gasteiger partial charge in [0, 0.05) is 11.5 Å². The van der Waals surface area contributed by atoms with Gasteiger partial charge in [-0.05, 0) is 24.5 Å². The maximum absolute atomic E-state index is 11.4. The van der Waals surface area contributed by atoms with Gasteiger partial charge in [-0.25, -0.2) is 4.79 Å². The Morgan fingerprint density at radius 1 is 1.19 bits per heavy atom. The minimum atomic E-state index is -0.245. The van der Waals surface area contributed by atoms with Gasteiger partial charge in [0.1, 0.15) is 5.58 Å². The summed E-state index contributed by atoms with van der Waals surface area (Å²) in [5.41, 5.74) is 1.56. The summed E-state index contributed by atoms with van der Waals surface area (Å²) in [4.78, 5) is 11.4. The van der Waals surface area contributed by atoms with E-state index in [-0.39, 0.29) is 5.63 Å². The highest BCUT2D eigenvalue weighted by Crippen LogP contribution is 2.18. The molecule has 2 aromatic rings. The molecule has 0 unspecified atom stereocenters. The van der Waals surface area contributed by atoms with Gasteiger partial charge in [-0.2, -0.15) is 0 Å². The number of benzene rings is 1. The summed E-state index contributed by atoms with van der Waals surface area (Å²) in [6.45, 7) is 2.18. The van der Waals surface area contributed by atoms with Crippen LogP contribution < -0.4 is 5.63 Å². The normalized spacial score (nSPS) is 10.8. The van der Waals surface area contributed by atoms with Crippen molar-refractivity contribution in [1.82, 2.24) is 0 Å². The summed E-state index contributed by atoms with van der Waals surface area (Å²) in [5.74, 6) is 0. The van der Waals surface area contributed by atoms with Gasteiger partial charge in [-0.3, -0.25) is 0 Å². The van der Waals surface area contributed by atoms with Crippen LogP contribution in [0.5, 0.6) is 0 Å². The number of para-hydroxylation sites is 1. The smallest absolute Gasteiger partial charge is 0.336 e. The molecule has 1 heterocycles. The minimum absolute atomic E-state index is 0.245. The van der Waals surface area contributed by atoms with Crippen molar-refractivity contribution in [2.75, 3.05) is 0 Å². The van der Waals surface area contributed by atoms with E-state index in [2.05, 4.69) is 6.92 Å². The highest BCUT2D eigenvalue weighted by molar-refractivity contribution is 5.79. The lowest BCUT2D eigenvalue weighted by Crippen LogP contribution is -2.00. The van der Waals surface area contributed by atoms with E-state index in [1.165, 1.54) is 12.8 Å². The van der Waals surface area contributed by atoms with Crippen LogP contribution in [-0.2, 0) is 6.42 Å². The SMILES string of the molecule is CCCCCc1cc(=O)oc2ccccc12. The highest BCUT2D eigenvalue weighted by atomic mass is 16.4. The number of rotatable bonds is 4. The molecule has 0 fully saturated rings. The van der Waals surface area contributed by atoms with Crippen molar-refractivity contribution < 1.29 is 4.42 Å². The average Bonchev–Trinajstić information content (AvgIpc) is 2.29. The van der Waals surface area contributed by atoms with Crippen molar-refractivity contribution in [2.24, 2.45) is 0 Å². The fraction of sp³-hybridized carbons (Fsp3) is 0.357. The summed E-state index contributed by atoms with van der Waals surface area (Å²) in [6, 6.07) is 9.35. The second-order valence-corrected chi connectivity index (χ2v) is 4.04. The molecule has 2 nitrogen and oxygen atoms in total. The lowest BCUT2D eigenvalue weighted by molar-refractivity contribution is 0.558. The number of fused-ring (bicyclic) bond motifs is 1. The summed E-state index contributed by atoms with van der Waals surface area (Å²) in [5, 5.41) is 1.07. The van der Waals surface area contributed by atoms with Crippen molar-refractivity contribution in [3.05, 3.63) is 46.3 Å². The van der Waals surface area contributed by atoms with Gasteiger partial charge in [-0.15, -0.1) is 0 Å². The second kappa shape index (κ2) is 4.97. The quantitative estimate of drug-likeness (QED) is 0.578. The van der Waals surface area contributed by atoms with Crippen LogP contribution in [0.3, 0.4) is 0 Å². The Bertz CT molecular complexity index is 525. The van der Waals surface area contributed by atoms with E-state index in [9.17, 15) is 4.79 Å². The molecule has 84 valence electrons. The molecular weight excluding hydrogens is 200 g/mol. The monoisotopic (exact) mass is 216 g/mol. The predicted molar refractivity (Wildman–Crippen MR) is 65.7 cm³/mol. The first-order chi connectivity index (χ1) is 7.81. The Morgan fingerprint density at radius 3 is 2.81 bits per heavy atom. The molecule has 0 bridgehead atoms. The van der Waals surface area contributed by atoms with Gasteiger partial charge in [0.15, 0.2) is 0 Å². The van der Waals surface area contributed by atoms with E-state index >= 15 is 0 Å². The van der Waals surface area contributed by atoms with E-state index in [1.807, 2.05) is 24.3 Å². The highest BCUT2D eigenvalue weighted by Gasteiger charge is 2.04. The van der Waals surface area contributed by atoms with Crippen LogP contribution >= 0.6 is 0 Å². The van der Waals surface area contributed by atoms with Crippen LogP contribution in [-0.4, -0.2) is 0 Å². The molecule has 0 aliphatic carbocycles. The third-order valence-corrected chi connectivity index (χ3v) is 2.79. The summed E-state index contributed by atoms with van der Waals surface area (Å²) < 4.78 is 5.15. The maximum Gasteiger partial charge on any atom is 0.336 e. The van der Waals surface area contributed by atoms with Crippen LogP contribution in [0.25, 0.3) is 11.0 Å². The fourth-order valence-corrected chi connectivity index (χ4v) is 1.95. The third-order valence-electron chi connectivity index (χ3n) is 2.79. The molecule has 0 aliphatic heterocycles. The molecule has 0 atom stereocenters. The number of hydrogen-bond acceptors (Lipinski definition) is 2. The summed E-state index contributed by atoms with van der Waals surface area (Å²) in [6.07, 6.45) is 4.48. The van der Waals surface area contributed by atoms with E-state index < -0.39 is 0 Å². The molecule has 0 aliphatic rings. The van der Waals surface area contributed by atoms with Crippen molar-refractivity contribution >= 4 is 11.0 Å². The van der Waals surface area contributed by atoms with Crippen molar-refractivity contribution in [1.29, 1.82) is 0 Å². The second-order valence-electron chi connectivity index (χ2n) is 4.04. The van der Waals surface area contributed by atoms with Crippen LogP contribution in [0, 0.1) is 0 Å². The van der Waals surface area contributed by atoms with E-state index in [4.69, 9.17) is 4.42 Å². The lowest BCUT2D eigenvalue weighted by Gasteiger charge is -2.04. The molecule has 16 heavy (non-hydrogen) atoms. The molecule has 0 saturated heterocycles. The fourth-order valence-electron chi connectivity index (χ4n) is 1.95. The zero-order chi connectivity index (χ0) is 11.4. The molecule has 0 N–H and O–H groups in total. The average molecular weight is 216 g/mol. The van der Waals surface area contributed by atoms with Gasteiger partial charge in [-0.1, -0.05) is 38.0 Å². The molecule has 0 radical (unpaired) electrons. The Labute approximate surface area is 94.9 Å². The number of unbranched alkanes of at least 4 members (excludes halogenated alkanes) is 2. The molecule has 2 rings (SSSR count). The first kappa shape index (κ1) is 10.9. The van der Waals surface area contributed by atoms with Crippen molar-refractivity contribution in [3.8, 4) is 0 Å². The third kappa shape index (κ3) is 2.32. The minimum Gasteiger partial charge on any atom is -0.423 e. The summed E-state index contributed by atoms with van der Waals surface area (Å²) >= 11 is 0. The Morgan fingerprint density at radius 2 is 2.00 bits per heavy atom. The number of aryl methyl sites for hydroxylation is 1. The van der Waals surface area contributed by atoms with E-state index in [0.29, 0.717) is 5.58 Å². The standard InChI is InChI=1S/C14H16O2/c1-2-3-4-7-11-10-14(15)16-13-9-6-5-8-12(11)13/h5-6,8-10H,2-4,7H2,1H3. The molecule has 1 aromatic carbocycles. The molecule has 2 heteroatoms. The lowest BCUT2D eigenvalue weighted by atomic mass is 10.0. The molecule has 0 amide bonds. The topological polar surface area (TPSA) is 30.2 Å². The number of hydrogen-bond donors (Lipinski definition) is 0. The molecule has 0 saturated carbocycles. The van der Waals surface area contributed by atoms with Crippen molar-refractivity contribution in [2.45, 2.75) is 32.6 Å². The van der Waals surface area contributed by atoms with E-state index in [0.717, 1.165) is 23.8 Å². The molecule has 1 aromatic heterocycles. The molecule has 0 spiro atoms. The predicted octanol–water partition coefficient (Wildman–Crippen LogP) is 3.53. The van der Waals surface area contributed by atoms with Crippen LogP contribution in [0.15, 0.2) is 39.5 Å². The van der Waals surface area contributed by atoms with Crippen molar-refractivity contribution in [3.63, 3.8) is 0 Å². The van der Waals surface area contributed by atoms with Crippen LogP contribution in [0.1, 0.15) is 31.7 Å². The Balaban J connectivity index is 2.38. The van der Waals surface area contributed by atoms with Crippen LogP contribution in [0.2, 0.25) is 0 Å². The Hall–Kier alpha value is -1.57.